The molecule has 0 saturated carbocycles. The summed E-state index contributed by atoms with van der Waals surface area (Å²) in [6.07, 6.45) is 7.07. The van der Waals surface area contributed by atoms with Crippen LogP contribution in [0.25, 0.3) is 5.65 Å². The van der Waals surface area contributed by atoms with Gasteiger partial charge in [-0.05, 0) is 51.8 Å². The molecule has 4 heterocycles. The number of rotatable bonds is 2. The van der Waals surface area contributed by atoms with Gasteiger partial charge in [-0.25, -0.2) is 0 Å². The first-order valence-corrected chi connectivity index (χ1v) is 8.40. The Morgan fingerprint density at radius 3 is 2.73 bits per heavy atom. The molecule has 0 N–H and O–H groups in total. The largest absolute Gasteiger partial charge is 0.367 e. The summed E-state index contributed by atoms with van der Waals surface area (Å²) in [6, 6.07) is 0.691. The highest BCUT2D eigenvalue weighted by atomic mass is 15.4. The lowest BCUT2D eigenvalue weighted by Crippen LogP contribution is -2.41. The Hall–Kier alpha value is -1.69. The van der Waals surface area contributed by atoms with Crippen LogP contribution in [0.4, 0.5) is 5.69 Å². The Kier molecular flexibility index (Phi) is 3.48. The monoisotopic (exact) mass is 300 g/mol. The Bertz CT molecular complexity index is 673. The van der Waals surface area contributed by atoms with Gasteiger partial charge < -0.3 is 4.90 Å². The maximum Gasteiger partial charge on any atom is 0.201 e. The smallest absolute Gasteiger partial charge is 0.201 e. The van der Waals surface area contributed by atoms with Gasteiger partial charge in [-0.2, -0.15) is 9.61 Å². The Labute approximate surface area is 131 Å². The van der Waals surface area contributed by atoms with Gasteiger partial charge >= 0.3 is 0 Å². The van der Waals surface area contributed by atoms with E-state index < -0.39 is 0 Å². The molecule has 2 aromatic heterocycles. The molecule has 0 amide bonds. The first-order chi connectivity index (χ1) is 10.7. The quantitative estimate of drug-likeness (QED) is 0.846. The number of piperidine rings is 1. The zero-order valence-corrected chi connectivity index (χ0v) is 13.5. The number of likely N-dealkylation sites (tertiary alicyclic amines) is 1. The summed E-state index contributed by atoms with van der Waals surface area (Å²) in [6.45, 7) is 8.97. The van der Waals surface area contributed by atoms with E-state index in [2.05, 4.69) is 38.9 Å². The molecule has 0 aromatic carbocycles. The van der Waals surface area contributed by atoms with Crippen molar-refractivity contribution < 1.29 is 0 Å². The third-order valence-corrected chi connectivity index (χ3v) is 5.28. The summed E-state index contributed by atoms with van der Waals surface area (Å²) in [5, 5.41) is 12.9. The van der Waals surface area contributed by atoms with Crippen molar-refractivity contribution in [1.29, 1.82) is 0 Å². The van der Waals surface area contributed by atoms with Crippen molar-refractivity contribution in [3.8, 4) is 0 Å². The highest BCUT2D eigenvalue weighted by Gasteiger charge is 2.31. The fourth-order valence-corrected chi connectivity index (χ4v) is 3.94. The summed E-state index contributed by atoms with van der Waals surface area (Å²) in [4.78, 5) is 5.18. The summed E-state index contributed by atoms with van der Waals surface area (Å²) in [5.74, 6) is 0. The second kappa shape index (κ2) is 5.50. The van der Waals surface area contributed by atoms with Crippen LogP contribution in [0.2, 0.25) is 0 Å². The molecule has 0 radical (unpaired) electrons. The molecule has 0 bridgehead atoms. The van der Waals surface area contributed by atoms with E-state index in [1.54, 1.807) is 6.33 Å². The van der Waals surface area contributed by atoms with Crippen molar-refractivity contribution in [2.24, 2.45) is 0 Å². The topological polar surface area (TPSA) is 49.6 Å². The van der Waals surface area contributed by atoms with Crippen LogP contribution in [0, 0.1) is 13.8 Å². The third kappa shape index (κ3) is 2.26. The number of fused-ring (bicyclic) bond motifs is 1. The number of aromatic nitrogens is 4. The van der Waals surface area contributed by atoms with E-state index in [0.717, 1.165) is 24.4 Å². The molecule has 22 heavy (non-hydrogen) atoms. The van der Waals surface area contributed by atoms with Crippen molar-refractivity contribution in [3.63, 3.8) is 0 Å². The molecule has 2 aliphatic heterocycles. The molecule has 2 saturated heterocycles. The molecule has 2 aromatic rings. The number of aryl methyl sites for hydroxylation is 1. The van der Waals surface area contributed by atoms with Crippen molar-refractivity contribution in [1.82, 2.24) is 24.7 Å². The van der Waals surface area contributed by atoms with Gasteiger partial charge in [0.1, 0.15) is 6.33 Å². The lowest BCUT2D eigenvalue weighted by Gasteiger charge is -2.32. The molecule has 2 aliphatic rings. The van der Waals surface area contributed by atoms with Gasteiger partial charge in [0.2, 0.25) is 5.65 Å². The molecule has 1 atom stereocenters. The number of hydrogen-bond donors (Lipinski definition) is 0. The average molecular weight is 300 g/mol. The third-order valence-electron chi connectivity index (χ3n) is 5.28. The Balaban J connectivity index is 1.63. The van der Waals surface area contributed by atoms with Crippen molar-refractivity contribution >= 4 is 11.3 Å². The Morgan fingerprint density at radius 2 is 1.91 bits per heavy atom. The van der Waals surface area contributed by atoms with Crippen LogP contribution in [0.5, 0.6) is 0 Å². The predicted octanol–water partition coefficient (Wildman–Crippen LogP) is 1.81. The van der Waals surface area contributed by atoms with E-state index in [9.17, 15) is 0 Å². The highest BCUT2D eigenvalue weighted by Crippen LogP contribution is 2.31. The molecular formula is C16H24N6. The van der Waals surface area contributed by atoms with E-state index in [0.29, 0.717) is 6.04 Å². The highest BCUT2D eigenvalue weighted by molar-refractivity contribution is 5.73. The van der Waals surface area contributed by atoms with Gasteiger partial charge in [-0.1, -0.05) is 6.42 Å². The molecule has 0 spiro atoms. The predicted molar refractivity (Wildman–Crippen MR) is 86.3 cm³/mol. The average Bonchev–Trinajstić information content (AvgIpc) is 3.18. The molecule has 4 rings (SSSR count). The summed E-state index contributed by atoms with van der Waals surface area (Å²) < 4.78 is 1.81. The van der Waals surface area contributed by atoms with E-state index >= 15 is 0 Å². The second-order valence-corrected chi connectivity index (χ2v) is 6.64. The van der Waals surface area contributed by atoms with Gasteiger partial charge in [0.25, 0.3) is 0 Å². The maximum absolute atomic E-state index is 4.53. The van der Waals surface area contributed by atoms with Crippen LogP contribution < -0.4 is 4.90 Å². The molecular weight excluding hydrogens is 276 g/mol. The minimum atomic E-state index is 0.691. The molecule has 0 aliphatic carbocycles. The van der Waals surface area contributed by atoms with Crippen molar-refractivity contribution in [2.45, 2.75) is 45.6 Å². The second-order valence-electron chi connectivity index (χ2n) is 6.64. The Morgan fingerprint density at radius 1 is 1.09 bits per heavy atom. The molecule has 118 valence electrons. The van der Waals surface area contributed by atoms with Crippen LogP contribution in [0.1, 0.15) is 36.9 Å². The normalized spacial score (nSPS) is 23.5. The minimum absolute atomic E-state index is 0.691. The van der Waals surface area contributed by atoms with Crippen LogP contribution in [-0.4, -0.2) is 56.9 Å². The zero-order valence-electron chi connectivity index (χ0n) is 13.5. The van der Waals surface area contributed by atoms with Gasteiger partial charge in [-0.3, -0.25) is 4.90 Å². The molecule has 2 fully saturated rings. The first kappa shape index (κ1) is 13.9. The van der Waals surface area contributed by atoms with Crippen molar-refractivity contribution in [3.05, 3.63) is 17.6 Å². The molecule has 6 heteroatoms. The van der Waals surface area contributed by atoms with Crippen LogP contribution >= 0.6 is 0 Å². The SMILES string of the molecule is Cc1nn2cnnc2c(N2CCC(N3CCCCC3)C2)c1C. The fourth-order valence-electron chi connectivity index (χ4n) is 3.94. The zero-order chi connectivity index (χ0) is 15.1. The summed E-state index contributed by atoms with van der Waals surface area (Å²) in [7, 11) is 0. The lowest BCUT2D eigenvalue weighted by atomic mass is 10.1. The number of nitrogens with zero attached hydrogens (tertiary/aromatic N) is 6. The van der Waals surface area contributed by atoms with Gasteiger partial charge in [0.05, 0.1) is 11.4 Å². The van der Waals surface area contributed by atoms with Crippen LogP contribution in [0.3, 0.4) is 0 Å². The number of anilines is 1. The minimum Gasteiger partial charge on any atom is -0.367 e. The van der Waals surface area contributed by atoms with E-state index in [1.807, 2.05) is 4.52 Å². The lowest BCUT2D eigenvalue weighted by molar-refractivity contribution is 0.175. The van der Waals surface area contributed by atoms with Gasteiger partial charge in [-0.15, -0.1) is 10.2 Å². The van der Waals surface area contributed by atoms with Crippen molar-refractivity contribution in [2.75, 3.05) is 31.1 Å². The maximum atomic E-state index is 4.53. The van der Waals surface area contributed by atoms with E-state index in [-0.39, 0.29) is 0 Å². The van der Waals surface area contributed by atoms with Gasteiger partial charge in [0, 0.05) is 19.1 Å². The standard InChI is InChI=1S/C16H24N6/c1-12-13(2)19-22-11-17-18-16(22)15(12)21-9-6-14(10-21)20-7-4-3-5-8-20/h11,14H,3-10H2,1-2H3. The van der Waals surface area contributed by atoms with Gasteiger partial charge in [0.15, 0.2) is 0 Å². The summed E-state index contributed by atoms with van der Waals surface area (Å²) >= 11 is 0. The molecule has 6 nitrogen and oxygen atoms in total. The van der Waals surface area contributed by atoms with E-state index in [4.69, 9.17) is 0 Å². The molecule has 1 unspecified atom stereocenters. The van der Waals surface area contributed by atoms with E-state index in [1.165, 1.54) is 50.0 Å². The number of hydrogen-bond acceptors (Lipinski definition) is 5. The van der Waals surface area contributed by atoms with Crippen LogP contribution in [0.15, 0.2) is 6.33 Å². The summed E-state index contributed by atoms with van der Waals surface area (Å²) in [5.41, 5.74) is 4.41. The van der Waals surface area contributed by atoms with Crippen LogP contribution in [-0.2, 0) is 0 Å². The fraction of sp³-hybridized carbons (Fsp3) is 0.688. The first-order valence-electron chi connectivity index (χ1n) is 8.40.